The lowest BCUT2D eigenvalue weighted by atomic mass is 10.2. The molecule has 0 aliphatic rings. The second-order valence-corrected chi connectivity index (χ2v) is 3.62. The van der Waals surface area contributed by atoms with Crippen molar-refractivity contribution in [1.29, 1.82) is 0 Å². The summed E-state index contributed by atoms with van der Waals surface area (Å²) in [5.74, 6) is 0. The van der Waals surface area contributed by atoms with E-state index in [-0.39, 0.29) is 0 Å². The molecule has 80 valence electrons. The Morgan fingerprint density at radius 2 is 2.13 bits per heavy atom. The highest BCUT2D eigenvalue weighted by Crippen LogP contribution is 2.15. The highest BCUT2D eigenvalue weighted by molar-refractivity contribution is 5.73. The molecule has 0 N–H and O–H groups in total. The van der Waals surface area contributed by atoms with Crippen molar-refractivity contribution in [2.24, 2.45) is 0 Å². The van der Waals surface area contributed by atoms with Gasteiger partial charge in [-0.2, -0.15) is 0 Å². The largest absolute Gasteiger partial charge is 0.446 e. The van der Waals surface area contributed by atoms with Gasteiger partial charge in [-0.05, 0) is 30.8 Å². The number of furan rings is 1. The average Bonchev–Trinajstić information content (AvgIpc) is 2.73. The van der Waals surface area contributed by atoms with Crippen molar-refractivity contribution in [2.45, 2.75) is 20.4 Å². The van der Waals surface area contributed by atoms with E-state index in [1.165, 1.54) is 5.56 Å². The Kier molecular flexibility index (Phi) is 3.02. The normalized spacial score (nSPS) is 11.4. The Hall–Kier alpha value is -1.35. The summed E-state index contributed by atoms with van der Waals surface area (Å²) in [6, 6.07) is 4.10. The molecule has 0 atom stereocenters. The highest BCUT2D eigenvalue weighted by atomic mass is 16.3. The summed E-state index contributed by atoms with van der Waals surface area (Å²) in [6.07, 6.45) is 3.57. The van der Waals surface area contributed by atoms with Crippen molar-refractivity contribution in [2.75, 3.05) is 13.1 Å². The second kappa shape index (κ2) is 4.45. The minimum Gasteiger partial charge on any atom is -0.446 e. The maximum absolute atomic E-state index is 5.21. The molecule has 3 heteroatoms. The van der Waals surface area contributed by atoms with E-state index in [1.54, 1.807) is 6.26 Å². The molecular formula is C12H16N2O. The third kappa shape index (κ3) is 2.18. The Morgan fingerprint density at radius 1 is 1.33 bits per heavy atom. The van der Waals surface area contributed by atoms with Gasteiger partial charge in [0.05, 0.1) is 6.26 Å². The van der Waals surface area contributed by atoms with Gasteiger partial charge in [-0.1, -0.05) is 13.8 Å². The minimum absolute atomic E-state index is 0.721. The summed E-state index contributed by atoms with van der Waals surface area (Å²) in [7, 11) is 0. The first-order valence-electron chi connectivity index (χ1n) is 5.38. The summed E-state index contributed by atoms with van der Waals surface area (Å²) >= 11 is 0. The zero-order valence-corrected chi connectivity index (χ0v) is 9.23. The number of hydrogen-bond acceptors (Lipinski definition) is 3. The number of fused-ring (bicyclic) bond motifs is 1. The first-order valence-corrected chi connectivity index (χ1v) is 5.38. The van der Waals surface area contributed by atoms with Crippen molar-refractivity contribution in [3.63, 3.8) is 0 Å². The van der Waals surface area contributed by atoms with Crippen molar-refractivity contribution in [3.05, 3.63) is 30.2 Å². The molecule has 3 nitrogen and oxygen atoms in total. The first-order chi connectivity index (χ1) is 7.33. The molecule has 0 fully saturated rings. The molecule has 0 aliphatic carbocycles. The molecule has 0 radical (unpaired) electrons. The molecule has 2 aromatic rings. The number of rotatable bonds is 4. The van der Waals surface area contributed by atoms with Gasteiger partial charge in [-0.3, -0.25) is 4.90 Å². The van der Waals surface area contributed by atoms with Crippen LogP contribution in [0.15, 0.2) is 29.0 Å². The van der Waals surface area contributed by atoms with Crippen LogP contribution in [0.2, 0.25) is 0 Å². The maximum atomic E-state index is 5.21. The monoisotopic (exact) mass is 204 g/mol. The molecule has 2 heterocycles. The standard InChI is InChI=1S/C12H16N2O/c1-3-14(4-2)9-10-7-11-5-6-15-12(11)13-8-10/h5-8H,3-4,9H2,1-2H3. The zero-order chi connectivity index (χ0) is 10.7. The topological polar surface area (TPSA) is 29.3 Å². The molecule has 0 saturated heterocycles. The van der Waals surface area contributed by atoms with Crippen molar-refractivity contribution < 1.29 is 4.42 Å². The van der Waals surface area contributed by atoms with Gasteiger partial charge in [-0.15, -0.1) is 0 Å². The lowest BCUT2D eigenvalue weighted by Crippen LogP contribution is -2.22. The van der Waals surface area contributed by atoms with Gasteiger partial charge < -0.3 is 4.42 Å². The molecule has 0 saturated carbocycles. The number of hydrogen-bond donors (Lipinski definition) is 0. The van der Waals surface area contributed by atoms with Crippen LogP contribution in [0.5, 0.6) is 0 Å². The summed E-state index contributed by atoms with van der Waals surface area (Å²) in [6.45, 7) is 7.45. The van der Waals surface area contributed by atoms with E-state index in [4.69, 9.17) is 4.42 Å². The lowest BCUT2D eigenvalue weighted by Gasteiger charge is -2.17. The van der Waals surface area contributed by atoms with Gasteiger partial charge in [0.25, 0.3) is 0 Å². The molecule has 0 aliphatic heterocycles. The number of pyridine rings is 1. The van der Waals surface area contributed by atoms with E-state index in [9.17, 15) is 0 Å². The fraction of sp³-hybridized carbons (Fsp3) is 0.417. The Labute approximate surface area is 89.7 Å². The SMILES string of the molecule is CCN(CC)Cc1cnc2occc2c1. The predicted octanol–water partition coefficient (Wildman–Crippen LogP) is 2.67. The molecule has 2 rings (SSSR count). The average molecular weight is 204 g/mol. The smallest absolute Gasteiger partial charge is 0.225 e. The minimum atomic E-state index is 0.721. The van der Waals surface area contributed by atoms with E-state index in [1.807, 2.05) is 12.3 Å². The van der Waals surface area contributed by atoms with Gasteiger partial charge in [-0.25, -0.2) is 4.98 Å². The first kappa shape index (κ1) is 10.2. The Balaban J connectivity index is 2.20. The van der Waals surface area contributed by atoms with Crippen LogP contribution < -0.4 is 0 Å². The molecule has 0 amide bonds. The highest BCUT2D eigenvalue weighted by Gasteiger charge is 2.03. The van der Waals surface area contributed by atoms with Gasteiger partial charge in [0.15, 0.2) is 0 Å². The fourth-order valence-corrected chi connectivity index (χ4v) is 1.70. The summed E-state index contributed by atoms with van der Waals surface area (Å²) < 4.78 is 5.21. The van der Waals surface area contributed by atoms with Gasteiger partial charge in [0.2, 0.25) is 5.71 Å². The third-order valence-corrected chi connectivity index (χ3v) is 2.66. The molecule has 15 heavy (non-hydrogen) atoms. The molecule has 0 aromatic carbocycles. The van der Waals surface area contributed by atoms with Crippen LogP contribution in [0.1, 0.15) is 19.4 Å². The van der Waals surface area contributed by atoms with Crippen molar-refractivity contribution in [1.82, 2.24) is 9.88 Å². The van der Waals surface area contributed by atoms with E-state index < -0.39 is 0 Å². The fourth-order valence-electron chi connectivity index (χ4n) is 1.70. The Morgan fingerprint density at radius 3 is 2.87 bits per heavy atom. The molecule has 0 bridgehead atoms. The van der Waals surface area contributed by atoms with Gasteiger partial charge in [0.1, 0.15) is 0 Å². The van der Waals surface area contributed by atoms with Crippen LogP contribution in [0, 0.1) is 0 Å². The Bertz CT molecular complexity index is 432. The zero-order valence-electron chi connectivity index (χ0n) is 9.23. The van der Waals surface area contributed by atoms with Gasteiger partial charge >= 0.3 is 0 Å². The van der Waals surface area contributed by atoms with E-state index in [0.29, 0.717) is 0 Å². The van der Waals surface area contributed by atoms with E-state index in [0.717, 1.165) is 30.7 Å². The molecular weight excluding hydrogens is 188 g/mol. The predicted molar refractivity (Wildman–Crippen MR) is 60.6 cm³/mol. The van der Waals surface area contributed by atoms with E-state index >= 15 is 0 Å². The third-order valence-electron chi connectivity index (χ3n) is 2.66. The number of aromatic nitrogens is 1. The van der Waals surface area contributed by atoms with Crippen LogP contribution in [0.25, 0.3) is 11.1 Å². The second-order valence-electron chi connectivity index (χ2n) is 3.62. The molecule has 0 unspecified atom stereocenters. The quantitative estimate of drug-likeness (QED) is 0.766. The van der Waals surface area contributed by atoms with Crippen LogP contribution in [-0.2, 0) is 6.54 Å². The molecule has 0 spiro atoms. The number of nitrogens with zero attached hydrogens (tertiary/aromatic N) is 2. The summed E-state index contributed by atoms with van der Waals surface area (Å²) in [5, 5.41) is 1.08. The lowest BCUT2D eigenvalue weighted by molar-refractivity contribution is 0.295. The van der Waals surface area contributed by atoms with Crippen LogP contribution in [-0.4, -0.2) is 23.0 Å². The summed E-state index contributed by atoms with van der Waals surface area (Å²) in [4.78, 5) is 6.63. The van der Waals surface area contributed by atoms with Crippen LogP contribution in [0.4, 0.5) is 0 Å². The van der Waals surface area contributed by atoms with Gasteiger partial charge in [0, 0.05) is 18.1 Å². The van der Waals surface area contributed by atoms with E-state index in [2.05, 4.69) is 29.8 Å². The van der Waals surface area contributed by atoms with Crippen LogP contribution in [0.3, 0.4) is 0 Å². The van der Waals surface area contributed by atoms with Crippen molar-refractivity contribution >= 4 is 11.1 Å². The van der Waals surface area contributed by atoms with Crippen molar-refractivity contribution in [3.8, 4) is 0 Å². The molecule has 2 aromatic heterocycles. The maximum Gasteiger partial charge on any atom is 0.225 e. The summed E-state index contributed by atoms with van der Waals surface area (Å²) in [5.41, 5.74) is 1.96. The van der Waals surface area contributed by atoms with Crippen LogP contribution >= 0.6 is 0 Å².